The molecule has 0 fully saturated rings. The van der Waals surface area contributed by atoms with Gasteiger partial charge in [0.25, 0.3) is 0 Å². The van der Waals surface area contributed by atoms with Crippen molar-refractivity contribution in [1.29, 1.82) is 0 Å². The molecule has 0 saturated carbocycles. The molecule has 6 heteroatoms. The lowest BCUT2D eigenvalue weighted by molar-refractivity contribution is 0.389. The van der Waals surface area contributed by atoms with Gasteiger partial charge in [-0.1, -0.05) is 52.7 Å². The Hall–Kier alpha value is -2.47. The molecule has 0 saturated heterocycles. The van der Waals surface area contributed by atoms with Crippen LogP contribution in [0.5, 0.6) is 0 Å². The molecule has 2 aromatic carbocycles. The van der Waals surface area contributed by atoms with E-state index in [1.807, 2.05) is 44.2 Å². The second-order valence-corrected chi connectivity index (χ2v) is 7.86. The molecule has 0 bridgehead atoms. The third kappa shape index (κ3) is 3.38. The highest BCUT2D eigenvalue weighted by Gasteiger charge is 2.22. The number of aryl methyl sites for hydroxylation is 3. The molecule has 0 radical (unpaired) electrons. The van der Waals surface area contributed by atoms with Gasteiger partial charge in [0.15, 0.2) is 9.84 Å². The van der Waals surface area contributed by atoms with E-state index in [2.05, 4.69) is 10.1 Å². The van der Waals surface area contributed by atoms with Crippen LogP contribution in [-0.4, -0.2) is 18.6 Å². The van der Waals surface area contributed by atoms with Gasteiger partial charge < -0.3 is 4.52 Å². The summed E-state index contributed by atoms with van der Waals surface area (Å²) < 4.78 is 30.3. The number of sulfone groups is 1. The van der Waals surface area contributed by atoms with E-state index >= 15 is 0 Å². The highest BCUT2D eigenvalue weighted by Crippen LogP contribution is 2.22. The SMILES string of the molecule is Cc1ccc(-c2noc(CS(=O)(=O)c3ccc(C)cc3C)n2)cc1. The lowest BCUT2D eigenvalue weighted by Crippen LogP contribution is -2.07. The maximum Gasteiger partial charge on any atom is 0.242 e. The van der Waals surface area contributed by atoms with Crippen molar-refractivity contribution in [3.8, 4) is 11.4 Å². The summed E-state index contributed by atoms with van der Waals surface area (Å²) in [6.07, 6.45) is 0. The summed E-state index contributed by atoms with van der Waals surface area (Å²) in [5.74, 6) is 0.168. The topological polar surface area (TPSA) is 73.1 Å². The van der Waals surface area contributed by atoms with E-state index in [4.69, 9.17) is 4.52 Å². The van der Waals surface area contributed by atoms with Gasteiger partial charge in [-0.15, -0.1) is 0 Å². The second-order valence-electron chi connectivity index (χ2n) is 5.91. The molecular formula is C18H18N2O3S. The minimum absolute atomic E-state index is 0.0885. The van der Waals surface area contributed by atoms with Crippen molar-refractivity contribution in [3.63, 3.8) is 0 Å². The van der Waals surface area contributed by atoms with E-state index in [-0.39, 0.29) is 11.6 Å². The Morgan fingerprint density at radius 1 is 0.958 bits per heavy atom. The second kappa shape index (κ2) is 6.20. The average Bonchev–Trinajstić information content (AvgIpc) is 2.95. The summed E-state index contributed by atoms with van der Waals surface area (Å²) in [7, 11) is -3.53. The van der Waals surface area contributed by atoms with Crippen LogP contribution < -0.4 is 0 Å². The fourth-order valence-electron chi connectivity index (χ4n) is 2.52. The van der Waals surface area contributed by atoms with Gasteiger partial charge in [0, 0.05) is 5.56 Å². The zero-order valence-corrected chi connectivity index (χ0v) is 14.6. The van der Waals surface area contributed by atoms with E-state index < -0.39 is 9.84 Å². The van der Waals surface area contributed by atoms with Gasteiger partial charge in [-0.3, -0.25) is 0 Å². The third-order valence-corrected chi connectivity index (χ3v) is 5.51. The fraction of sp³-hybridized carbons (Fsp3) is 0.222. The Morgan fingerprint density at radius 2 is 1.62 bits per heavy atom. The standard InChI is InChI=1S/C18H18N2O3S/c1-12-4-7-15(8-5-12)18-19-17(23-20-18)11-24(21,22)16-9-6-13(2)10-14(16)3/h4-10H,11H2,1-3H3. The minimum Gasteiger partial charge on any atom is -0.338 e. The van der Waals surface area contributed by atoms with Gasteiger partial charge in [0.05, 0.1) is 4.90 Å². The maximum atomic E-state index is 12.6. The van der Waals surface area contributed by atoms with Gasteiger partial charge in [-0.2, -0.15) is 4.98 Å². The quantitative estimate of drug-likeness (QED) is 0.724. The minimum atomic E-state index is -3.53. The van der Waals surface area contributed by atoms with Gasteiger partial charge in [0.2, 0.25) is 11.7 Å². The Labute approximate surface area is 141 Å². The lowest BCUT2D eigenvalue weighted by atomic mass is 10.1. The van der Waals surface area contributed by atoms with Crippen LogP contribution in [0.25, 0.3) is 11.4 Å². The zero-order chi connectivity index (χ0) is 17.3. The lowest BCUT2D eigenvalue weighted by Gasteiger charge is -2.06. The molecule has 0 aliphatic rings. The summed E-state index contributed by atoms with van der Waals surface area (Å²) >= 11 is 0. The van der Waals surface area contributed by atoms with Crippen LogP contribution in [0.15, 0.2) is 51.9 Å². The molecule has 0 atom stereocenters. The van der Waals surface area contributed by atoms with E-state index in [1.165, 1.54) is 0 Å². The highest BCUT2D eigenvalue weighted by molar-refractivity contribution is 7.90. The molecule has 0 N–H and O–H groups in total. The number of benzene rings is 2. The van der Waals surface area contributed by atoms with Crippen molar-refractivity contribution in [3.05, 3.63) is 65.0 Å². The zero-order valence-electron chi connectivity index (χ0n) is 13.8. The molecule has 5 nitrogen and oxygen atoms in total. The number of aromatic nitrogens is 2. The Balaban J connectivity index is 1.87. The van der Waals surface area contributed by atoms with Crippen LogP contribution in [0.2, 0.25) is 0 Å². The van der Waals surface area contributed by atoms with Crippen molar-refractivity contribution < 1.29 is 12.9 Å². The number of nitrogens with zero attached hydrogens (tertiary/aromatic N) is 2. The van der Waals surface area contributed by atoms with Crippen molar-refractivity contribution in [2.45, 2.75) is 31.4 Å². The summed E-state index contributed by atoms with van der Waals surface area (Å²) in [4.78, 5) is 4.51. The molecule has 3 aromatic rings. The molecule has 0 unspecified atom stereocenters. The fourth-order valence-corrected chi connectivity index (χ4v) is 3.94. The molecule has 0 spiro atoms. The van der Waals surface area contributed by atoms with Crippen molar-refractivity contribution in [2.75, 3.05) is 0 Å². The molecule has 1 heterocycles. The molecule has 0 aliphatic heterocycles. The first-order valence-electron chi connectivity index (χ1n) is 7.55. The molecular weight excluding hydrogens is 324 g/mol. The molecule has 3 rings (SSSR count). The molecule has 0 amide bonds. The first-order chi connectivity index (χ1) is 11.3. The van der Waals surface area contributed by atoms with Crippen LogP contribution in [0.1, 0.15) is 22.6 Å². The number of rotatable bonds is 4. The first kappa shape index (κ1) is 16.4. The number of hydrogen-bond donors (Lipinski definition) is 0. The van der Waals surface area contributed by atoms with Gasteiger partial charge in [0.1, 0.15) is 5.75 Å². The molecule has 0 aliphatic carbocycles. The maximum absolute atomic E-state index is 12.6. The van der Waals surface area contributed by atoms with Crippen LogP contribution in [0, 0.1) is 20.8 Å². The predicted octanol–water partition coefficient (Wildman–Crippen LogP) is 3.64. The van der Waals surface area contributed by atoms with Crippen LogP contribution in [0.4, 0.5) is 0 Å². The van der Waals surface area contributed by atoms with E-state index in [0.29, 0.717) is 16.3 Å². The Bertz CT molecular complexity index is 974. The van der Waals surface area contributed by atoms with Gasteiger partial charge in [-0.25, -0.2) is 8.42 Å². The molecule has 1 aromatic heterocycles. The number of hydrogen-bond acceptors (Lipinski definition) is 5. The van der Waals surface area contributed by atoms with Crippen LogP contribution >= 0.6 is 0 Å². The Morgan fingerprint density at radius 3 is 2.29 bits per heavy atom. The summed E-state index contributed by atoms with van der Waals surface area (Å²) in [6.45, 7) is 5.70. The monoisotopic (exact) mass is 342 g/mol. The average molecular weight is 342 g/mol. The van der Waals surface area contributed by atoms with Crippen molar-refractivity contribution in [1.82, 2.24) is 10.1 Å². The van der Waals surface area contributed by atoms with Gasteiger partial charge >= 0.3 is 0 Å². The van der Waals surface area contributed by atoms with E-state index in [0.717, 1.165) is 16.7 Å². The third-order valence-electron chi connectivity index (χ3n) is 3.76. The largest absolute Gasteiger partial charge is 0.338 e. The molecule has 124 valence electrons. The van der Waals surface area contributed by atoms with Crippen LogP contribution in [-0.2, 0) is 15.6 Å². The van der Waals surface area contributed by atoms with E-state index in [9.17, 15) is 8.42 Å². The van der Waals surface area contributed by atoms with Crippen molar-refractivity contribution >= 4 is 9.84 Å². The van der Waals surface area contributed by atoms with Crippen LogP contribution in [0.3, 0.4) is 0 Å². The summed E-state index contributed by atoms with van der Waals surface area (Å²) in [6, 6.07) is 12.9. The first-order valence-corrected chi connectivity index (χ1v) is 9.20. The normalized spacial score (nSPS) is 11.6. The summed E-state index contributed by atoms with van der Waals surface area (Å²) in [5, 5.41) is 3.88. The van der Waals surface area contributed by atoms with E-state index in [1.54, 1.807) is 19.1 Å². The van der Waals surface area contributed by atoms with Gasteiger partial charge in [-0.05, 0) is 32.4 Å². The molecule has 24 heavy (non-hydrogen) atoms. The van der Waals surface area contributed by atoms with Crippen molar-refractivity contribution in [2.24, 2.45) is 0 Å². The predicted molar refractivity (Wildman–Crippen MR) is 91.3 cm³/mol. The smallest absolute Gasteiger partial charge is 0.242 e. The highest BCUT2D eigenvalue weighted by atomic mass is 32.2. The summed E-state index contributed by atoms with van der Waals surface area (Å²) in [5.41, 5.74) is 3.65. The Kier molecular flexibility index (Phi) is 4.24.